The highest BCUT2D eigenvalue weighted by Gasteiger charge is 2.44. The van der Waals surface area contributed by atoms with Gasteiger partial charge in [0.2, 0.25) is 53.2 Å². The maximum absolute atomic E-state index is 14.5. The van der Waals surface area contributed by atoms with E-state index >= 15 is 0 Å². The lowest BCUT2D eigenvalue weighted by Gasteiger charge is -2.33. The number of amides is 9. The summed E-state index contributed by atoms with van der Waals surface area (Å²) in [5.41, 5.74) is 13.6. The number of benzene rings is 2. The molecule has 2 saturated heterocycles. The molecule has 5 rings (SSSR count). The number of H-pyrrole nitrogens is 1. The second-order valence-corrected chi connectivity index (χ2v) is 20.8. The first-order chi connectivity index (χ1) is 35.0. The smallest absolute Gasteiger partial charge is 0.246 e. The minimum Gasteiger partial charge on any atom is -0.368 e. The Labute approximate surface area is 445 Å². The average molecular weight is 1080 g/mol. The van der Waals surface area contributed by atoms with Crippen LogP contribution in [0.2, 0.25) is 0 Å². The Bertz CT molecular complexity index is 2410. The number of carbonyl (C=O) groups excluding carboxylic acids is 9. The molecule has 0 unspecified atom stereocenters. The molecule has 20 nitrogen and oxygen atoms in total. The van der Waals surface area contributed by atoms with Crippen molar-refractivity contribution < 1.29 is 43.2 Å². The SMILES string of the molecule is CSCC[C@H](NC(=O)[C@H](C)N)C(=O)N[C@@H](CS)C(=O)N1CCC[C@H]1C(=O)N1CCC[C@H]1C(=O)N[C@@H](Cc1c[nH]c2ccccc12)C(=O)N[C@@H](CCSC)C(=O)N[C@@H](CS)C(=O)N[C@@H](Cc1ccccc1)C(N)=O. The van der Waals surface area contributed by atoms with Gasteiger partial charge in [0.05, 0.1) is 6.04 Å². The number of fused-ring (bicyclic) bond motifs is 1. The Morgan fingerprint density at radius 3 is 1.77 bits per heavy atom. The van der Waals surface area contributed by atoms with Crippen molar-refractivity contribution in [1.82, 2.24) is 46.7 Å². The summed E-state index contributed by atoms with van der Waals surface area (Å²) in [5, 5.41) is 17.2. The third kappa shape index (κ3) is 16.3. The fraction of sp³-hybridized carbons (Fsp3) is 0.531. The van der Waals surface area contributed by atoms with Gasteiger partial charge in [-0.1, -0.05) is 48.5 Å². The molecule has 0 spiro atoms. The highest BCUT2D eigenvalue weighted by molar-refractivity contribution is 7.98. The number of nitrogens with zero attached hydrogens (tertiary/aromatic N) is 2. The summed E-state index contributed by atoms with van der Waals surface area (Å²) in [7, 11) is 0. The van der Waals surface area contributed by atoms with Crippen LogP contribution in [-0.2, 0) is 56.0 Å². The van der Waals surface area contributed by atoms with Gasteiger partial charge in [0.25, 0.3) is 0 Å². The molecule has 0 bridgehead atoms. The van der Waals surface area contributed by atoms with Gasteiger partial charge < -0.3 is 58.2 Å². The van der Waals surface area contributed by atoms with Crippen molar-refractivity contribution in [2.24, 2.45) is 11.5 Å². The lowest BCUT2D eigenvalue weighted by Crippen LogP contribution is -2.60. The van der Waals surface area contributed by atoms with E-state index in [4.69, 9.17) is 11.5 Å². The van der Waals surface area contributed by atoms with E-state index in [1.165, 1.54) is 40.2 Å². The summed E-state index contributed by atoms with van der Waals surface area (Å²) in [6.07, 6.45) is 7.51. The summed E-state index contributed by atoms with van der Waals surface area (Å²) >= 11 is 11.6. The Balaban J connectivity index is 1.32. The van der Waals surface area contributed by atoms with Gasteiger partial charge in [0.1, 0.15) is 48.3 Å². The van der Waals surface area contributed by atoms with Gasteiger partial charge in [0, 0.05) is 54.5 Å². The zero-order chi connectivity index (χ0) is 53.2. The predicted octanol–water partition coefficient (Wildman–Crippen LogP) is 0.0422. The van der Waals surface area contributed by atoms with Gasteiger partial charge in [-0.15, -0.1) is 0 Å². The van der Waals surface area contributed by atoms with E-state index in [1.54, 1.807) is 30.5 Å². The molecule has 2 aliphatic rings. The molecule has 398 valence electrons. The number of aromatic amines is 1. The number of carbonyl (C=O) groups is 9. The molecule has 9 amide bonds. The molecule has 9 atom stereocenters. The van der Waals surface area contributed by atoms with Gasteiger partial charge in [0.15, 0.2) is 0 Å². The topological polar surface area (TPSA) is 300 Å². The van der Waals surface area contributed by atoms with Crippen molar-refractivity contribution in [1.29, 1.82) is 0 Å². The number of para-hydroxylation sites is 1. The molecule has 11 N–H and O–H groups in total. The van der Waals surface area contributed by atoms with Crippen molar-refractivity contribution in [3.05, 3.63) is 71.9 Å². The minimum atomic E-state index is -1.26. The molecule has 0 saturated carbocycles. The monoisotopic (exact) mass is 1080 g/mol. The van der Waals surface area contributed by atoms with E-state index in [0.717, 1.165) is 16.5 Å². The van der Waals surface area contributed by atoms with Crippen LogP contribution in [0.15, 0.2) is 60.8 Å². The number of likely N-dealkylation sites (tertiary alicyclic amines) is 2. The number of nitrogens with one attached hydrogen (secondary N) is 7. The van der Waals surface area contributed by atoms with Gasteiger partial charge in [-0.25, -0.2) is 0 Å². The van der Waals surface area contributed by atoms with Crippen LogP contribution in [0.5, 0.6) is 0 Å². The zero-order valence-corrected chi connectivity index (χ0v) is 44.7. The standard InChI is InChI=1S/C49H69N11O9S4/c1-28(50)42(62)53-33(17-21-72-2)44(64)58-38(27-71)48(68)60-20-10-16-40(60)49(69)59-19-9-15-39(59)47(67)56-36(24-30-25-52-32-14-8-7-13-31(30)32)45(65)54-34(18-22-73-3)43(63)57-37(26-70)46(66)55-35(41(51)61)23-29-11-5-4-6-12-29/h4-8,11-14,25,28,33-40,52,70-71H,9-10,15-24,26-27,50H2,1-3H3,(H2,51,61)(H,53,62)(H,54,65)(H,55,66)(H,56,67)(H,57,63)(H,58,64)/t28-,33-,34-,35-,36-,37-,38-,39-,40-/m0/s1. The lowest BCUT2D eigenvalue weighted by atomic mass is 10.0. The molecule has 3 heterocycles. The molecular weight excluding hydrogens is 1010 g/mol. The van der Waals surface area contributed by atoms with Crippen molar-refractivity contribution in [3.8, 4) is 0 Å². The second kappa shape index (κ2) is 28.9. The normalized spacial score (nSPS) is 18.3. The van der Waals surface area contributed by atoms with Gasteiger partial charge >= 0.3 is 0 Å². The number of thioether (sulfide) groups is 2. The molecule has 0 aliphatic carbocycles. The Kier molecular flexibility index (Phi) is 23.1. The van der Waals surface area contributed by atoms with E-state index in [9.17, 15) is 43.2 Å². The zero-order valence-electron chi connectivity index (χ0n) is 41.3. The molecule has 0 radical (unpaired) electrons. The Morgan fingerprint density at radius 1 is 0.644 bits per heavy atom. The van der Waals surface area contributed by atoms with E-state index in [0.29, 0.717) is 36.3 Å². The number of hydrogen-bond acceptors (Lipinski definition) is 14. The maximum atomic E-state index is 14.5. The third-order valence-corrected chi connectivity index (χ3v) is 14.9. The van der Waals surface area contributed by atoms with Gasteiger partial charge in [-0.2, -0.15) is 48.8 Å². The van der Waals surface area contributed by atoms with Crippen LogP contribution in [-0.4, -0.2) is 171 Å². The number of aromatic nitrogens is 1. The molecule has 2 aliphatic heterocycles. The Hall–Kier alpha value is -5.43. The van der Waals surface area contributed by atoms with Crippen LogP contribution < -0.4 is 43.4 Å². The summed E-state index contributed by atoms with van der Waals surface area (Å²) in [5.74, 6) is -4.83. The first-order valence-electron chi connectivity index (χ1n) is 24.3. The number of thiol groups is 2. The van der Waals surface area contributed by atoms with Crippen LogP contribution in [0, 0.1) is 0 Å². The number of primary amides is 1. The summed E-state index contributed by atoms with van der Waals surface area (Å²) in [4.78, 5) is 130. The van der Waals surface area contributed by atoms with Gasteiger partial charge in [-0.05, 0) is 86.7 Å². The quantitative estimate of drug-likeness (QED) is 0.0452. The summed E-state index contributed by atoms with van der Waals surface area (Å²) in [6.45, 7) is 1.93. The lowest BCUT2D eigenvalue weighted by molar-refractivity contribution is -0.148. The first-order valence-corrected chi connectivity index (χ1v) is 28.3. The van der Waals surface area contributed by atoms with Crippen molar-refractivity contribution in [2.75, 3.05) is 48.6 Å². The van der Waals surface area contributed by atoms with E-state index < -0.39 is 108 Å². The van der Waals surface area contributed by atoms with Crippen LogP contribution in [0.4, 0.5) is 0 Å². The average Bonchev–Trinajstić information content (AvgIpc) is 4.18. The van der Waals surface area contributed by atoms with Crippen molar-refractivity contribution >= 4 is 113 Å². The predicted molar refractivity (Wildman–Crippen MR) is 290 cm³/mol. The first kappa shape index (κ1) is 58.5. The van der Waals surface area contributed by atoms with E-state index in [1.807, 2.05) is 42.8 Å². The molecule has 2 aromatic carbocycles. The minimum absolute atomic E-state index is 0.00841. The molecule has 1 aromatic heterocycles. The fourth-order valence-electron chi connectivity index (χ4n) is 8.83. The molecule has 73 heavy (non-hydrogen) atoms. The van der Waals surface area contributed by atoms with Crippen molar-refractivity contribution in [3.63, 3.8) is 0 Å². The van der Waals surface area contributed by atoms with Crippen LogP contribution in [0.25, 0.3) is 10.9 Å². The summed E-state index contributed by atoms with van der Waals surface area (Å²) < 4.78 is 0. The van der Waals surface area contributed by atoms with Crippen molar-refractivity contribution in [2.45, 2.75) is 113 Å². The number of hydrogen-bond donors (Lipinski definition) is 11. The van der Waals surface area contributed by atoms with Crippen LogP contribution >= 0.6 is 48.8 Å². The molecule has 24 heteroatoms. The van der Waals surface area contributed by atoms with Crippen LogP contribution in [0.3, 0.4) is 0 Å². The molecule has 2 fully saturated rings. The molecular formula is C49H69N11O9S4. The van der Waals surface area contributed by atoms with E-state index in [-0.39, 0.29) is 56.7 Å². The second-order valence-electron chi connectivity index (χ2n) is 18.1. The van der Waals surface area contributed by atoms with Gasteiger partial charge in [-0.3, -0.25) is 43.2 Å². The highest BCUT2D eigenvalue weighted by Crippen LogP contribution is 2.27. The third-order valence-electron chi connectivity index (χ3n) is 12.8. The summed E-state index contributed by atoms with van der Waals surface area (Å²) in [6, 6.07) is 6.78. The van der Waals surface area contributed by atoms with Crippen LogP contribution in [0.1, 0.15) is 56.6 Å². The molecule has 3 aromatic rings. The number of rotatable bonds is 27. The highest BCUT2D eigenvalue weighted by atomic mass is 32.2. The van der Waals surface area contributed by atoms with E-state index in [2.05, 4.69) is 62.1 Å². The largest absolute Gasteiger partial charge is 0.368 e. The Morgan fingerprint density at radius 2 is 1.16 bits per heavy atom. The number of nitrogens with two attached hydrogens (primary N) is 2. The fourth-order valence-corrected chi connectivity index (χ4v) is 10.3. The maximum Gasteiger partial charge on any atom is 0.246 e.